The van der Waals surface area contributed by atoms with E-state index in [9.17, 15) is 0 Å². The smallest absolute Gasteiger partial charge is 0.0454 e. The highest BCUT2D eigenvalue weighted by Crippen LogP contribution is 2.13. The number of H-pyrrole nitrogens is 1. The highest BCUT2D eigenvalue weighted by Gasteiger charge is 1.96. The number of rotatable bonds is 7. The Labute approximate surface area is 103 Å². The van der Waals surface area contributed by atoms with E-state index in [2.05, 4.69) is 46.8 Å². The van der Waals surface area contributed by atoms with Gasteiger partial charge in [-0.05, 0) is 55.2 Å². The van der Waals surface area contributed by atoms with Crippen LogP contribution in [0.1, 0.15) is 18.9 Å². The number of aromatic amines is 1. The van der Waals surface area contributed by atoms with Gasteiger partial charge in [0.05, 0.1) is 0 Å². The van der Waals surface area contributed by atoms with Gasteiger partial charge in [-0.25, -0.2) is 0 Å². The van der Waals surface area contributed by atoms with Gasteiger partial charge in [0.25, 0.3) is 0 Å². The first-order valence-corrected chi connectivity index (χ1v) is 6.37. The van der Waals surface area contributed by atoms with Gasteiger partial charge in [0.2, 0.25) is 0 Å². The lowest BCUT2D eigenvalue weighted by molar-refractivity contribution is 0.606. The fourth-order valence-corrected chi connectivity index (χ4v) is 1.96. The Kier molecular flexibility index (Phi) is 4.59. The normalized spacial score (nSPS) is 11.1. The first-order chi connectivity index (χ1) is 8.40. The molecule has 0 aliphatic heterocycles. The summed E-state index contributed by atoms with van der Waals surface area (Å²) in [5.74, 6) is 0. The predicted molar refractivity (Wildman–Crippen MR) is 73.2 cm³/mol. The molecule has 0 aliphatic rings. The van der Waals surface area contributed by atoms with Crippen molar-refractivity contribution in [3.05, 3.63) is 36.0 Å². The molecule has 1 aromatic heterocycles. The quantitative estimate of drug-likeness (QED) is 0.640. The molecule has 0 fully saturated rings. The minimum atomic E-state index is 0.952. The average Bonchev–Trinajstić information content (AvgIpc) is 2.81. The van der Waals surface area contributed by atoms with Gasteiger partial charge >= 0.3 is 0 Å². The Bertz CT molecular complexity index is 447. The van der Waals surface area contributed by atoms with E-state index in [4.69, 9.17) is 0 Å². The molecule has 3 N–H and O–H groups in total. The molecule has 2 aromatic rings. The molecule has 0 saturated heterocycles. The lowest BCUT2D eigenvalue weighted by atomic mass is 10.1. The minimum Gasteiger partial charge on any atom is -0.361 e. The number of aromatic nitrogens is 1. The molecule has 0 aliphatic carbocycles. The summed E-state index contributed by atoms with van der Waals surface area (Å²) >= 11 is 0. The molecule has 2 rings (SSSR count). The van der Waals surface area contributed by atoms with Gasteiger partial charge in [-0.2, -0.15) is 0 Å². The van der Waals surface area contributed by atoms with Crippen LogP contribution in [0.15, 0.2) is 30.5 Å². The zero-order chi connectivity index (χ0) is 11.9. The van der Waals surface area contributed by atoms with Gasteiger partial charge in [-0.15, -0.1) is 0 Å². The molecule has 17 heavy (non-hydrogen) atoms. The molecule has 0 saturated carbocycles. The fraction of sp³-hybridized carbons (Fsp3) is 0.429. The molecule has 0 radical (unpaired) electrons. The summed E-state index contributed by atoms with van der Waals surface area (Å²) in [6, 6.07) is 8.67. The van der Waals surface area contributed by atoms with Crippen LogP contribution in [0.4, 0.5) is 0 Å². The molecule has 1 aromatic carbocycles. The predicted octanol–water partition coefficient (Wildman–Crippen LogP) is 2.26. The van der Waals surface area contributed by atoms with Crippen LogP contribution in [0.25, 0.3) is 10.9 Å². The Morgan fingerprint density at radius 3 is 2.88 bits per heavy atom. The van der Waals surface area contributed by atoms with E-state index in [0.717, 1.165) is 26.2 Å². The molecule has 3 nitrogen and oxygen atoms in total. The summed E-state index contributed by atoms with van der Waals surface area (Å²) in [7, 11) is 0. The Morgan fingerprint density at radius 2 is 2.00 bits per heavy atom. The average molecular weight is 231 g/mol. The second-order valence-corrected chi connectivity index (χ2v) is 4.28. The number of benzene rings is 1. The molecular weight excluding hydrogens is 210 g/mol. The number of hydrogen-bond donors (Lipinski definition) is 3. The minimum absolute atomic E-state index is 0.952. The van der Waals surface area contributed by atoms with Crippen LogP contribution in [0, 0.1) is 0 Å². The lowest BCUT2D eigenvalue weighted by Crippen LogP contribution is -2.21. The van der Waals surface area contributed by atoms with Crippen molar-refractivity contribution in [2.45, 2.75) is 19.9 Å². The van der Waals surface area contributed by atoms with Crippen molar-refractivity contribution in [1.29, 1.82) is 0 Å². The molecule has 1 heterocycles. The fourth-order valence-electron chi connectivity index (χ4n) is 1.96. The summed E-state index contributed by atoms with van der Waals surface area (Å²) < 4.78 is 0. The lowest BCUT2D eigenvalue weighted by Gasteiger charge is -2.05. The monoisotopic (exact) mass is 231 g/mol. The van der Waals surface area contributed by atoms with Crippen LogP contribution >= 0.6 is 0 Å². The van der Waals surface area contributed by atoms with Crippen LogP contribution in [-0.2, 0) is 6.54 Å². The maximum Gasteiger partial charge on any atom is 0.0454 e. The van der Waals surface area contributed by atoms with Crippen LogP contribution in [-0.4, -0.2) is 24.6 Å². The summed E-state index contributed by atoms with van der Waals surface area (Å²) in [4.78, 5) is 3.21. The van der Waals surface area contributed by atoms with Gasteiger partial charge in [0, 0.05) is 18.3 Å². The van der Waals surface area contributed by atoms with E-state index in [-0.39, 0.29) is 0 Å². The molecule has 92 valence electrons. The van der Waals surface area contributed by atoms with Gasteiger partial charge in [-0.3, -0.25) is 0 Å². The molecule has 0 bridgehead atoms. The Hall–Kier alpha value is -1.32. The van der Waals surface area contributed by atoms with E-state index in [1.807, 2.05) is 6.20 Å². The molecule has 0 spiro atoms. The molecule has 0 atom stereocenters. The van der Waals surface area contributed by atoms with Gasteiger partial charge in [-0.1, -0.05) is 13.0 Å². The third-order valence-corrected chi connectivity index (χ3v) is 2.90. The van der Waals surface area contributed by atoms with Gasteiger partial charge in [0.1, 0.15) is 0 Å². The van der Waals surface area contributed by atoms with Crippen LogP contribution in [0.5, 0.6) is 0 Å². The molecule has 0 unspecified atom stereocenters. The summed E-state index contributed by atoms with van der Waals surface area (Å²) in [5, 5.41) is 8.08. The topological polar surface area (TPSA) is 39.8 Å². The number of fused-ring (bicyclic) bond motifs is 1. The first-order valence-electron chi connectivity index (χ1n) is 6.37. The SMILES string of the molecule is CCNCCCNCc1ccc2[nH]ccc2c1. The summed E-state index contributed by atoms with van der Waals surface area (Å²) in [6.45, 7) is 6.31. The van der Waals surface area contributed by atoms with Crippen LogP contribution < -0.4 is 10.6 Å². The van der Waals surface area contributed by atoms with Crippen LogP contribution in [0.2, 0.25) is 0 Å². The van der Waals surface area contributed by atoms with Crippen molar-refractivity contribution in [2.75, 3.05) is 19.6 Å². The summed E-state index contributed by atoms with van der Waals surface area (Å²) in [6.07, 6.45) is 3.17. The van der Waals surface area contributed by atoms with E-state index in [1.165, 1.54) is 22.9 Å². The zero-order valence-electron chi connectivity index (χ0n) is 10.4. The van der Waals surface area contributed by atoms with E-state index >= 15 is 0 Å². The van der Waals surface area contributed by atoms with E-state index in [1.54, 1.807) is 0 Å². The van der Waals surface area contributed by atoms with Crippen molar-refractivity contribution in [1.82, 2.24) is 15.6 Å². The van der Waals surface area contributed by atoms with Crippen molar-refractivity contribution < 1.29 is 0 Å². The highest BCUT2D eigenvalue weighted by molar-refractivity contribution is 5.79. The second kappa shape index (κ2) is 6.42. The standard InChI is InChI=1S/C14H21N3/c1-2-15-7-3-8-16-11-12-4-5-14-13(10-12)6-9-17-14/h4-6,9-10,15-17H,2-3,7-8,11H2,1H3. The maximum atomic E-state index is 3.47. The van der Waals surface area contributed by atoms with Gasteiger partial charge in [0.15, 0.2) is 0 Å². The van der Waals surface area contributed by atoms with E-state index < -0.39 is 0 Å². The zero-order valence-corrected chi connectivity index (χ0v) is 10.4. The van der Waals surface area contributed by atoms with Crippen molar-refractivity contribution in [3.63, 3.8) is 0 Å². The molecular formula is C14H21N3. The summed E-state index contributed by atoms with van der Waals surface area (Å²) in [5.41, 5.74) is 2.56. The third-order valence-electron chi connectivity index (χ3n) is 2.90. The molecule has 3 heteroatoms. The molecule has 0 amide bonds. The van der Waals surface area contributed by atoms with Crippen molar-refractivity contribution in [2.24, 2.45) is 0 Å². The largest absolute Gasteiger partial charge is 0.361 e. The Morgan fingerprint density at radius 1 is 1.12 bits per heavy atom. The first kappa shape index (κ1) is 12.1. The second-order valence-electron chi connectivity index (χ2n) is 4.28. The maximum absolute atomic E-state index is 3.47. The van der Waals surface area contributed by atoms with Crippen molar-refractivity contribution in [3.8, 4) is 0 Å². The Balaban J connectivity index is 1.75. The van der Waals surface area contributed by atoms with Crippen molar-refractivity contribution >= 4 is 10.9 Å². The van der Waals surface area contributed by atoms with Crippen LogP contribution in [0.3, 0.4) is 0 Å². The number of nitrogens with one attached hydrogen (secondary N) is 3. The van der Waals surface area contributed by atoms with Gasteiger partial charge < -0.3 is 15.6 Å². The van der Waals surface area contributed by atoms with E-state index in [0.29, 0.717) is 0 Å². The highest BCUT2D eigenvalue weighted by atomic mass is 14.9. The third kappa shape index (κ3) is 3.58. The number of hydrogen-bond acceptors (Lipinski definition) is 2.